The number of hydrogen-bond acceptors (Lipinski definition) is 4. The predicted molar refractivity (Wildman–Crippen MR) is 108 cm³/mol. The van der Waals surface area contributed by atoms with Crippen molar-refractivity contribution in [3.05, 3.63) is 77.6 Å². The predicted octanol–water partition coefficient (Wildman–Crippen LogP) is 3.43. The van der Waals surface area contributed by atoms with Gasteiger partial charge in [-0.3, -0.25) is 4.79 Å². The summed E-state index contributed by atoms with van der Waals surface area (Å²) in [5, 5.41) is 2.67. The molecule has 1 heterocycles. The molecule has 0 aliphatic carbocycles. The molecule has 3 rings (SSSR count). The maximum atomic E-state index is 14.5. The molecular formula is C21H22FN3O3S. The highest BCUT2D eigenvalue weighted by Crippen LogP contribution is 2.19. The summed E-state index contributed by atoms with van der Waals surface area (Å²) in [5.41, 5.74) is 1.02. The van der Waals surface area contributed by atoms with Gasteiger partial charge in [-0.2, -0.15) is 0 Å². The lowest BCUT2D eigenvalue weighted by atomic mass is 10.1. The van der Waals surface area contributed by atoms with Crippen molar-refractivity contribution in [2.45, 2.75) is 31.7 Å². The van der Waals surface area contributed by atoms with E-state index in [1.165, 1.54) is 18.2 Å². The fraction of sp³-hybridized carbons (Fsp3) is 0.238. The molecule has 6 nitrogen and oxygen atoms in total. The molecule has 3 aromatic rings. The van der Waals surface area contributed by atoms with Gasteiger partial charge in [0.2, 0.25) is 0 Å². The molecule has 0 spiro atoms. The van der Waals surface area contributed by atoms with Gasteiger partial charge in [0.15, 0.2) is 9.84 Å². The number of carbonyl (C=O) groups is 1. The van der Waals surface area contributed by atoms with Crippen LogP contribution in [0, 0.1) is 12.7 Å². The molecule has 8 heteroatoms. The molecule has 1 amide bonds. The zero-order valence-electron chi connectivity index (χ0n) is 16.2. The number of rotatable bonds is 7. The maximum Gasteiger partial charge on any atom is 0.252 e. The van der Waals surface area contributed by atoms with E-state index in [1.807, 2.05) is 0 Å². The average Bonchev–Trinajstić information content (AvgIpc) is 3.12. The number of imidazole rings is 1. The SMILES string of the molecule is CCCS(=O)(=O)c1ccccc1C(=O)NCc1ccc(-n2ccnc2C)c(F)c1. The number of aryl methyl sites for hydroxylation is 1. The highest BCUT2D eigenvalue weighted by Gasteiger charge is 2.21. The van der Waals surface area contributed by atoms with E-state index in [2.05, 4.69) is 10.3 Å². The van der Waals surface area contributed by atoms with Gasteiger partial charge in [0.05, 0.1) is 21.9 Å². The van der Waals surface area contributed by atoms with E-state index in [0.29, 0.717) is 23.5 Å². The van der Waals surface area contributed by atoms with E-state index in [4.69, 9.17) is 0 Å². The summed E-state index contributed by atoms with van der Waals surface area (Å²) >= 11 is 0. The monoisotopic (exact) mass is 415 g/mol. The molecule has 0 unspecified atom stereocenters. The molecule has 0 aliphatic heterocycles. The number of carbonyl (C=O) groups excluding carboxylic acids is 1. The van der Waals surface area contributed by atoms with Crippen molar-refractivity contribution in [1.82, 2.24) is 14.9 Å². The minimum Gasteiger partial charge on any atom is -0.348 e. The summed E-state index contributed by atoms with van der Waals surface area (Å²) in [4.78, 5) is 16.7. The third kappa shape index (κ3) is 4.54. The number of sulfone groups is 1. The summed E-state index contributed by atoms with van der Waals surface area (Å²) in [6.45, 7) is 3.61. The van der Waals surface area contributed by atoms with E-state index in [-0.39, 0.29) is 22.8 Å². The first-order valence-electron chi connectivity index (χ1n) is 9.22. The van der Waals surface area contributed by atoms with Gasteiger partial charge in [0.25, 0.3) is 5.91 Å². The molecule has 0 aliphatic rings. The summed E-state index contributed by atoms with van der Waals surface area (Å²) < 4.78 is 41.0. The summed E-state index contributed by atoms with van der Waals surface area (Å²) in [7, 11) is -3.54. The maximum absolute atomic E-state index is 14.5. The zero-order chi connectivity index (χ0) is 21.0. The lowest BCUT2D eigenvalue weighted by molar-refractivity contribution is 0.0947. The average molecular weight is 415 g/mol. The Hall–Kier alpha value is -3.00. The Balaban J connectivity index is 1.77. The van der Waals surface area contributed by atoms with Crippen molar-refractivity contribution >= 4 is 15.7 Å². The lowest BCUT2D eigenvalue weighted by Gasteiger charge is -2.12. The van der Waals surface area contributed by atoms with Gasteiger partial charge in [-0.05, 0) is 43.2 Å². The second-order valence-corrected chi connectivity index (χ2v) is 8.71. The molecule has 0 atom stereocenters. The third-order valence-electron chi connectivity index (χ3n) is 4.49. The van der Waals surface area contributed by atoms with E-state index >= 15 is 0 Å². The van der Waals surface area contributed by atoms with Crippen molar-refractivity contribution in [1.29, 1.82) is 0 Å². The minimum atomic E-state index is -3.54. The van der Waals surface area contributed by atoms with Crippen LogP contribution in [0.2, 0.25) is 0 Å². The second kappa shape index (κ2) is 8.57. The van der Waals surface area contributed by atoms with Gasteiger partial charge in [-0.15, -0.1) is 0 Å². The van der Waals surface area contributed by atoms with E-state index < -0.39 is 21.6 Å². The Morgan fingerprint density at radius 2 is 1.97 bits per heavy atom. The van der Waals surface area contributed by atoms with Crippen molar-refractivity contribution in [3.8, 4) is 5.69 Å². The third-order valence-corrected chi connectivity index (χ3v) is 6.46. The van der Waals surface area contributed by atoms with Crippen molar-refractivity contribution < 1.29 is 17.6 Å². The summed E-state index contributed by atoms with van der Waals surface area (Å²) in [5.74, 6) is -0.327. The Morgan fingerprint density at radius 3 is 2.62 bits per heavy atom. The molecule has 1 aromatic heterocycles. The molecule has 0 saturated heterocycles. The highest BCUT2D eigenvalue weighted by molar-refractivity contribution is 7.91. The topological polar surface area (TPSA) is 81.1 Å². The number of benzene rings is 2. The Bertz CT molecular complexity index is 1140. The molecule has 2 aromatic carbocycles. The van der Waals surface area contributed by atoms with Gasteiger partial charge in [0.1, 0.15) is 11.6 Å². The van der Waals surface area contributed by atoms with Crippen LogP contribution in [0.1, 0.15) is 35.1 Å². The quantitative estimate of drug-likeness (QED) is 0.641. The standard InChI is InChI=1S/C21H22FN3O3S/c1-3-12-29(27,28)20-7-5-4-6-17(20)21(26)24-14-16-8-9-19(18(22)13-16)25-11-10-23-15(25)2/h4-11,13H,3,12,14H2,1-2H3,(H,24,26). The van der Waals surface area contributed by atoms with Crippen LogP contribution >= 0.6 is 0 Å². The largest absolute Gasteiger partial charge is 0.348 e. The van der Waals surface area contributed by atoms with Gasteiger partial charge < -0.3 is 9.88 Å². The Labute approximate surface area is 169 Å². The molecule has 0 fully saturated rings. The minimum absolute atomic E-state index is 0.0106. The van der Waals surface area contributed by atoms with Crippen LogP contribution < -0.4 is 5.32 Å². The number of hydrogen-bond donors (Lipinski definition) is 1. The number of nitrogens with one attached hydrogen (secondary N) is 1. The first kappa shape index (κ1) is 20.7. The van der Waals surface area contributed by atoms with Crippen LogP contribution in [0.25, 0.3) is 5.69 Å². The van der Waals surface area contributed by atoms with Crippen LogP contribution in [0.5, 0.6) is 0 Å². The summed E-state index contributed by atoms with van der Waals surface area (Å²) in [6, 6.07) is 10.8. The van der Waals surface area contributed by atoms with Gasteiger partial charge >= 0.3 is 0 Å². The lowest BCUT2D eigenvalue weighted by Crippen LogP contribution is -2.25. The fourth-order valence-electron chi connectivity index (χ4n) is 3.07. The van der Waals surface area contributed by atoms with Crippen molar-refractivity contribution in [3.63, 3.8) is 0 Å². The Kier molecular flexibility index (Phi) is 6.12. The first-order chi connectivity index (χ1) is 13.8. The molecule has 0 radical (unpaired) electrons. The zero-order valence-corrected chi connectivity index (χ0v) is 17.0. The number of aromatic nitrogens is 2. The molecule has 1 N–H and O–H groups in total. The van der Waals surface area contributed by atoms with E-state index in [9.17, 15) is 17.6 Å². The highest BCUT2D eigenvalue weighted by atomic mass is 32.2. The molecule has 152 valence electrons. The smallest absolute Gasteiger partial charge is 0.252 e. The molecular weight excluding hydrogens is 393 g/mol. The van der Waals surface area contributed by atoms with E-state index in [1.54, 1.807) is 55.1 Å². The molecule has 29 heavy (non-hydrogen) atoms. The molecule has 0 bridgehead atoms. The number of halogens is 1. The van der Waals surface area contributed by atoms with E-state index in [0.717, 1.165) is 0 Å². The molecule has 0 saturated carbocycles. The van der Waals surface area contributed by atoms with Crippen molar-refractivity contribution in [2.24, 2.45) is 0 Å². The fourth-order valence-corrected chi connectivity index (χ4v) is 4.61. The number of amides is 1. The number of nitrogens with zero attached hydrogens (tertiary/aromatic N) is 2. The van der Waals surface area contributed by atoms with Gasteiger partial charge in [-0.1, -0.05) is 25.1 Å². The van der Waals surface area contributed by atoms with Crippen LogP contribution in [0.4, 0.5) is 4.39 Å². The van der Waals surface area contributed by atoms with Crippen LogP contribution in [0.3, 0.4) is 0 Å². The second-order valence-electron chi connectivity index (χ2n) is 6.63. The normalized spacial score (nSPS) is 11.4. The van der Waals surface area contributed by atoms with Gasteiger partial charge in [0, 0.05) is 18.9 Å². The van der Waals surface area contributed by atoms with Crippen LogP contribution in [-0.2, 0) is 16.4 Å². The first-order valence-corrected chi connectivity index (χ1v) is 10.9. The van der Waals surface area contributed by atoms with Crippen LogP contribution in [0.15, 0.2) is 59.8 Å². The van der Waals surface area contributed by atoms with Crippen molar-refractivity contribution in [2.75, 3.05) is 5.75 Å². The summed E-state index contributed by atoms with van der Waals surface area (Å²) in [6.07, 6.45) is 3.72. The van der Waals surface area contributed by atoms with Gasteiger partial charge in [-0.25, -0.2) is 17.8 Å². The Morgan fingerprint density at radius 1 is 1.21 bits per heavy atom. The van der Waals surface area contributed by atoms with Crippen LogP contribution in [-0.4, -0.2) is 29.6 Å².